The van der Waals surface area contributed by atoms with Crippen molar-refractivity contribution in [3.8, 4) is 17.6 Å². The third kappa shape index (κ3) is 6.26. The summed E-state index contributed by atoms with van der Waals surface area (Å²) in [4.78, 5) is 10.4. The van der Waals surface area contributed by atoms with Gasteiger partial charge in [-0.3, -0.25) is 10.1 Å². The second-order valence-corrected chi connectivity index (χ2v) is 8.43. The summed E-state index contributed by atoms with van der Waals surface area (Å²) >= 11 is 15.6. The molecule has 0 spiro atoms. The minimum absolute atomic E-state index is 0.0423. The van der Waals surface area contributed by atoms with Crippen LogP contribution in [0.3, 0.4) is 0 Å². The zero-order valence-corrected chi connectivity index (χ0v) is 20.4. The molecule has 0 unspecified atom stereocenters. The van der Waals surface area contributed by atoms with Crippen molar-refractivity contribution in [2.75, 3.05) is 6.61 Å². The first-order valence-electron chi connectivity index (χ1n) is 9.72. The Morgan fingerprint density at radius 1 is 1.09 bits per heavy atom. The number of hydrogen-bond donors (Lipinski definition) is 0. The smallest absolute Gasteiger partial charge is 0.269 e. The van der Waals surface area contributed by atoms with Gasteiger partial charge in [0, 0.05) is 16.6 Å². The molecule has 6 nitrogen and oxygen atoms in total. The summed E-state index contributed by atoms with van der Waals surface area (Å²) in [6, 6.07) is 16.7. The number of ether oxygens (including phenoxy) is 2. The van der Waals surface area contributed by atoms with Crippen LogP contribution in [0.1, 0.15) is 23.6 Å². The third-order valence-electron chi connectivity index (χ3n) is 4.55. The first-order valence-corrected chi connectivity index (χ1v) is 11.3. The number of allylic oxidation sites excluding steroid dienone is 1. The van der Waals surface area contributed by atoms with Gasteiger partial charge >= 0.3 is 0 Å². The molecule has 0 fully saturated rings. The van der Waals surface area contributed by atoms with Crippen LogP contribution < -0.4 is 9.47 Å². The zero-order valence-electron chi connectivity index (χ0n) is 17.3. The van der Waals surface area contributed by atoms with Gasteiger partial charge in [0.1, 0.15) is 6.61 Å². The molecule has 3 aromatic carbocycles. The van der Waals surface area contributed by atoms with Gasteiger partial charge in [-0.1, -0.05) is 45.2 Å². The molecule has 0 aliphatic rings. The zero-order chi connectivity index (χ0) is 24.0. The Labute approximate surface area is 209 Å². The van der Waals surface area contributed by atoms with Crippen molar-refractivity contribution in [2.24, 2.45) is 0 Å². The predicted octanol–water partition coefficient (Wildman–Crippen LogP) is 7.71. The van der Waals surface area contributed by atoms with E-state index in [4.69, 9.17) is 32.7 Å². The lowest BCUT2D eigenvalue weighted by Gasteiger charge is -2.14. The van der Waals surface area contributed by atoms with Gasteiger partial charge in [-0.2, -0.15) is 5.26 Å². The minimum Gasteiger partial charge on any atom is -0.490 e. The van der Waals surface area contributed by atoms with Gasteiger partial charge in [-0.25, -0.2) is 0 Å². The number of nitro groups is 1. The van der Waals surface area contributed by atoms with E-state index in [1.165, 1.54) is 12.1 Å². The number of rotatable bonds is 8. The van der Waals surface area contributed by atoms with Crippen LogP contribution in [-0.4, -0.2) is 11.5 Å². The Morgan fingerprint density at radius 3 is 2.39 bits per heavy atom. The van der Waals surface area contributed by atoms with E-state index >= 15 is 0 Å². The van der Waals surface area contributed by atoms with Crippen molar-refractivity contribution in [2.45, 2.75) is 13.5 Å². The summed E-state index contributed by atoms with van der Waals surface area (Å²) in [5.74, 6) is 1.02. The monoisotopic (exact) mass is 546 g/mol. The topological polar surface area (TPSA) is 85.4 Å². The van der Waals surface area contributed by atoms with Gasteiger partial charge in [-0.05, 0) is 66.1 Å². The Bertz CT molecular complexity index is 1250. The number of benzene rings is 3. The van der Waals surface area contributed by atoms with Gasteiger partial charge in [-0.15, -0.1) is 0 Å². The molecule has 0 amide bonds. The van der Waals surface area contributed by atoms with Crippen LogP contribution in [0, 0.1) is 21.4 Å². The van der Waals surface area contributed by atoms with Crippen molar-refractivity contribution in [1.82, 2.24) is 0 Å². The van der Waals surface area contributed by atoms with Gasteiger partial charge < -0.3 is 9.47 Å². The van der Waals surface area contributed by atoms with Crippen LogP contribution in [0.4, 0.5) is 5.69 Å². The van der Waals surface area contributed by atoms with Gasteiger partial charge in [0.05, 0.1) is 33.2 Å². The standard InChI is InChI=1S/C24H17BrCl2N2O4/c1-2-32-23-11-17(10-18(13-28)16-4-6-19(7-5-16)29(30)31)20(25)12-24(23)33-14-15-3-8-21(26)22(27)9-15/h3-12H,2,14H2,1H3/b18-10-. The lowest BCUT2D eigenvalue weighted by molar-refractivity contribution is -0.384. The minimum atomic E-state index is -0.485. The Hall–Kier alpha value is -3.05. The fourth-order valence-electron chi connectivity index (χ4n) is 2.93. The molecule has 3 rings (SSSR count). The SMILES string of the molecule is CCOc1cc(/C=C(/C#N)c2ccc([N+](=O)[O-])cc2)c(Br)cc1OCc1ccc(Cl)c(Cl)c1. The average Bonchev–Trinajstić information content (AvgIpc) is 2.80. The number of nitrogens with zero attached hydrogens (tertiary/aromatic N) is 2. The van der Waals surface area contributed by atoms with Crippen molar-refractivity contribution < 1.29 is 14.4 Å². The molecule has 168 valence electrons. The van der Waals surface area contributed by atoms with E-state index in [0.29, 0.717) is 49.3 Å². The van der Waals surface area contributed by atoms with E-state index in [1.807, 2.05) is 13.0 Å². The second-order valence-electron chi connectivity index (χ2n) is 6.76. The van der Waals surface area contributed by atoms with Crippen molar-refractivity contribution in [3.05, 3.63) is 95.9 Å². The van der Waals surface area contributed by atoms with Gasteiger partial charge in [0.2, 0.25) is 0 Å². The molecule has 9 heteroatoms. The Morgan fingerprint density at radius 2 is 1.79 bits per heavy atom. The normalized spacial score (nSPS) is 11.1. The van der Waals surface area contributed by atoms with Crippen molar-refractivity contribution in [1.29, 1.82) is 5.26 Å². The molecule has 0 radical (unpaired) electrons. The number of nitriles is 1. The molecular formula is C24H17BrCl2N2O4. The maximum Gasteiger partial charge on any atom is 0.269 e. The molecule has 0 saturated heterocycles. The Kier molecular flexibility index (Phi) is 8.34. The highest BCUT2D eigenvalue weighted by Gasteiger charge is 2.13. The van der Waals surface area contributed by atoms with E-state index in [9.17, 15) is 15.4 Å². The van der Waals surface area contributed by atoms with Crippen molar-refractivity contribution >= 4 is 56.5 Å². The molecule has 0 aliphatic heterocycles. The molecule has 0 saturated carbocycles. The number of non-ortho nitro benzene ring substituents is 1. The molecule has 0 heterocycles. The number of halogens is 3. The summed E-state index contributed by atoms with van der Waals surface area (Å²) in [6.45, 7) is 2.53. The van der Waals surface area contributed by atoms with Crippen LogP contribution in [0.5, 0.6) is 11.5 Å². The average molecular weight is 548 g/mol. The molecule has 0 aliphatic carbocycles. The molecule has 0 aromatic heterocycles. The first-order chi connectivity index (χ1) is 15.8. The van der Waals surface area contributed by atoms with Crippen LogP contribution in [0.2, 0.25) is 10.0 Å². The number of nitro benzene ring substituents is 1. The summed E-state index contributed by atoms with van der Waals surface area (Å²) in [6.07, 6.45) is 1.68. The summed E-state index contributed by atoms with van der Waals surface area (Å²) < 4.78 is 12.4. The molecule has 3 aromatic rings. The lowest BCUT2D eigenvalue weighted by atomic mass is 10.0. The third-order valence-corrected chi connectivity index (χ3v) is 5.98. The molecule has 0 N–H and O–H groups in total. The summed E-state index contributed by atoms with van der Waals surface area (Å²) in [7, 11) is 0. The molecule has 33 heavy (non-hydrogen) atoms. The fourth-order valence-corrected chi connectivity index (χ4v) is 3.69. The highest BCUT2D eigenvalue weighted by Crippen LogP contribution is 2.36. The maximum absolute atomic E-state index is 10.9. The fraction of sp³-hybridized carbons (Fsp3) is 0.125. The van der Waals surface area contributed by atoms with Gasteiger partial charge in [0.25, 0.3) is 5.69 Å². The highest BCUT2D eigenvalue weighted by atomic mass is 79.9. The second kappa shape index (κ2) is 11.2. The summed E-state index contributed by atoms with van der Waals surface area (Å²) in [5.41, 5.74) is 2.40. The quantitative estimate of drug-likeness (QED) is 0.125. The highest BCUT2D eigenvalue weighted by molar-refractivity contribution is 9.10. The van der Waals surface area contributed by atoms with Crippen LogP contribution in [0.15, 0.2) is 59.1 Å². The van der Waals surface area contributed by atoms with Crippen LogP contribution >= 0.6 is 39.1 Å². The lowest BCUT2D eigenvalue weighted by Crippen LogP contribution is -2.00. The van der Waals surface area contributed by atoms with Crippen LogP contribution in [0.25, 0.3) is 11.6 Å². The van der Waals surface area contributed by atoms with Crippen LogP contribution in [-0.2, 0) is 6.61 Å². The van der Waals surface area contributed by atoms with E-state index in [-0.39, 0.29) is 12.3 Å². The predicted molar refractivity (Wildman–Crippen MR) is 133 cm³/mol. The van der Waals surface area contributed by atoms with E-state index in [2.05, 4.69) is 22.0 Å². The summed E-state index contributed by atoms with van der Waals surface area (Å²) in [5, 5.41) is 21.4. The maximum atomic E-state index is 10.9. The molecule has 0 atom stereocenters. The van der Waals surface area contributed by atoms with Gasteiger partial charge in [0.15, 0.2) is 11.5 Å². The molecular weight excluding hydrogens is 531 g/mol. The van der Waals surface area contributed by atoms with Crippen molar-refractivity contribution in [3.63, 3.8) is 0 Å². The molecule has 0 bridgehead atoms. The Balaban J connectivity index is 1.91. The van der Waals surface area contributed by atoms with E-state index in [0.717, 1.165) is 5.56 Å². The largest absolute Gasteiger partial charge is 0.490 e. The number of hydrogen-bond acceptors (Lipinski definition) is 5. The van der Waals surface area contributed by atoms with E-state index in [1.54, 1.807) is 42.5 Å². The first kappa shape index (κ1) is 24.6. The van der Waals surface area contributed by atoms with E-state index < -0.39 is 4.92 Å².